The lowest BCUT2D eigenvalue weighted by Gasteiger charge is -2.36. The molecule has 0 atom stereocenters. The predicted molar refractivity (Wildman–Crippen MR) is 77.5 cm³/mol. The van der Waals surface area contributed by atoms with Gasteiger partial charge in [0.25, 0.3) is 0 Å². The number of aromatic nitrogens is 1. The Balaban J connectivity index is 1.77. The molecule has 3 N–H and O–H groups in total. The largest absolute Gasteiger partial charge is 0.388 e. The van der Waals surface area contributed by atoms with Crippen LogP contribution >= 0.6 is 0 Å². The van der Waals surface area contributed by atoms with Crippen molar-refractivity contribution in [2.24, 2.45) is 0 Å². The number of urea groups is 1. The first-order valence-corrected chi connectivity index (χ1v) is 7.06. The lowest BCUT2D eigenvalue weighted by molar-refractivity contribution is -0.0290. The van der Waals surface area contributed by atoms with Crippen LogP contribution in [-0.2, 0) is 5.41 Å². The number of amides is 2. The first-order valence-electron chi connectivity index (χ1n) is 7.06. The molecule has 0 saturated heterocycles. The van der Waals surface area contributed by atoms with Crippen molar-refractivity contribution in [3.05, 3.63) is 30.1 Å². The standard InChI is InChI=1S/C15H23N3O2/c1-14(2,12-4-8-16-9-5-12)10-17-13(19)18-11-15(20)6-3-7-15/h4-5,8-9,20H,3,6-7,10-11H2,1-2H3,(H2,17,18,19). The molecule has 1 aromatic rings. The molecule has 0 aliphatic heterocycles. The third-order valence-corrected chi connectivity index (χ3v) is 4.01. The molecule has 5 nitrogen and oxygen atoms in total. The van der Waals surface area contributed by atoms with E-state index >= 15 is 0 Å². The van der Waals surface area contributed by atoms with Gasteiger partial charge in [-0.15, -0.1) is 0 Å². The molecule has 1 fully saturated rings. The number of carbonyl (C=O) groups is 1. The van der Waals surface area contributed by atoms with Gasteiger partial charge in [0, 0.05) is 30.9 Å². The summed E-state index contributed by atoms with van der Waals surface area (Å²) in [5, 5.41) is 15.5. The maximum absolute atomic E-state index is 11.8. The highest BCUT2D eigenvalue weighted by molar-refractivity contribution is 5.74. The van der Waals surface area contributed by atoms with Gasteiger partial charge in [-0.3, -0.25) is 4.98 Å². The summed E-state index contributed by atoms with van der Waals surface area (Å²) in [7, 11) is 0. The molecule has 1 aromatic heterocycles. The van der Waals surface area contributed by atoms with Crippen LogP contribution in [0.25, 0.3) is 0 Å². The second-order valence-electron chi connectivity index (χ2n) is 6.23. The number of hydrogen-bond acceptors (Lipinski definition) is 3. The van der Waals surface area contributed by atoms with Gasteiger partial charge < -0.3 is 15.7 Å². The Morgan fingerprint density at radius 3 is 2.55 bits per heavy atom. The molecule has 2 rings (SSSR count). The highest BCUT2D eigenvalue weighted by Gasteiger charge is 2.34. The Labute approximate surface area is 119 Å². The summed E-state index contributed by atoms with van der Waals surface area (Å²) in [5.41, 5.74) is 0.288. The Kier molecular flexibility index (Phi) is 4.28. The highest BCUT2D eigenvalue weighted by Crippen LogP contribution is 2.30. The van der Waals surface area contributed by atoms with Gasteiger partial charge in [-0.25, -0.2) is 4.79 Å². The molecule has 20 heavy (non-hydrogen) atoms. The van der Waals surface area contributed by atoms with Crippen LogP contribution in [0.3, 0.4) is 0 Å². The Morgan fingerprint density at radius 1 is 1.35 bits per heavy atom. The number of carbonyl (C=O) groups excluding carboxylic acids is 1. The van der Waals surface area contributed by atoms with Crippen LogP contribution < -0.4 is 10.6 Å². The van der Waals surface area contributed by atoms with Crippen LogP contribution in [0, 0.1) is 0 Å². The number of rotatable bonds is 5. The summed E-state index contributed by atoms with van der Waals surface area (Å²) < 4.78 is 0. The van der Waals surface area contributed by atoms with Crippen molar-refractivity contribution in [3.8, 4) is 0 Å². The van der Waals surface area contributed by atoms with Gasteiger partial charge in [0.05, 0.1) is 5.60 Å². The molecule has 5 heteroatoms. The van der Waals surface area contributed by atoms with Gasteiger partial charge in [-0.05, 0) is 37.0 Å². The average Bonchev–Trinajstić information content (AvgIpc) is 2.42. The van der Waals surface area contributed by atoms with Crippen LogP contribution in [0.5, 0.6) is 0 Å². The van der Waals surface area contributed by atoms with Crippen LogP contribution in [0.4, 0.5) is 4.79 Å². The minimum absolute atomic E-state index is 0.159. The Bertz CT molecular complexity index is 455. The fourth-order valence-corrected chi connectivity index (χ4v) is 2.28. The van der Waals surface area contributed by atoms with E-state index in [1.807, 2.05) is 12.1 Å². The second-order valence-corrected chi connectivity index (χ2v) is 6.23. The van der Waals surface area contributed by atoms with Gasteiger partial charge in [-0.1, -0.05) is 13.8 Å². The van der Waals surface area contributed by atoms with Gasteiger partial charge in [-0.2, -0.15) is 0 Å². The first kappa shape index (κ1) is 14.8. The van der Waals surface area contributed by atoms with E-state index in [1.54, 1.807) is 12.4 Å². The molecule has 0 unspecified atom stereocenters. The molecule has 110 valence electrons. The highest BCUT2D eigenvalue weighted by atomic mass is 16.3. The zero-order valence-electron chi connectivity index (χ0n) is 12.1. The molecule has 2 amide bonds. The third-order valence-electron chi connectivity index (χ3n) is 4.01. The van der Waals surface area contributed by atoms with Crippen molar-refractivity contribution in [2.45, 2.75) is 44.1 Å². The zero-order valence-corrected chi connectivity index (χ0v) is 12.1. The average molecular weight is 277 g/mol. The monoisotopic (exact) mass is 277 g/mol. The van der Waals surface area contributed by atoms with Crippen LogP contribution in [0.2, 0.25) is 0 Å². The number of nitrogens with zero attached hydrogens (tertiary/aromatic N) is 1. The van der Waals surface area contributed by atoms with Crippen molar-refractivity contribution in [1.82, 2.24) is 15.6 Å². The van der Waals surface area contributed by atoms with Crippen molar-refractivity contribution < 1.29 is 9.90 Å². The van der Waals surface area contributed by atoms with E-state index in [4.69, 9.17) is 0 Å². The predicted octanol–water partition coefficient (Wildman–Crippen LogP) is 1.57. The topological polar surface area (TPSA) is 74.2 Å². The molecule has 1 heterocycles. The fraction of sp³-hybridized carbons (Fsp3) is 0.600. The third kappa shape index (κ3) is 3.70. The molecule has 1 saturated carbocycles. The van der Waals surface area contributed by atoms with Gasteiger partial charge in [0.15, 0.2) is 0 Å². The first-order chi connectivity index (χ1) is 9.41. The minimum atomic E-state index is -0.683. The molecule has 0 aromatic carbocycles. The van der Waals surface area contributed by atoms with E-state index in [-0.39, 0.29) is 11.4 Å². The van der Waals surface area contributed by atoms with Crippen molar-refractivity contribution in [2.75, 3.05) is 13.1 Å². The van der Waals surface area contributed by atoms with Crippen LogP contribution in [0.15, 0.2) is 24.5 Å². The summed E-state index contributed by atoms with van der Waals surface area (Å²) >= 11 is 0. The van der Waals surface area contributed by atoms with E-state index in [1.165, 1.54) is 0 Å². The minimum Gasteiger partial charge on any atom is -0.388 e. The number of nitrogens with one attached hydrogen (secondary N) is 2. The van der Waals surface area contributed by atoms with Crippen LogP contribution in [-0.4, -0.2) is 34.8 Å². The summed E-state index contributed by atoms with van der Waals surface area (Å²) in [4.78, 5) is 15.8. The SMILES string of the molecule is CC(C)(CNC(=O)NCC1(O)CCC1)c1ccncc1. The van der Waals surface area contributed by atoms with Crippen molar-refractivity contribution in [1.29, 1.82) is 0 Å². The molecular formula is C15H23N3O2. The summed E-state index contributed by atoms with van der Waals surface area (Å²) in [6.07, 6.45) is 6.09. The van der Waals surface area contributed by atoms with E-state index in [2.05, 4.69) is 29.5 Å². The zero-order chi connectivity index (χ0) is 14.6. The van der Waals surface area contributed by atoms with Crippen LogP contribution in [0.1, 0.15) is 38.7 Å². The van der Waals surface area contributed by atoms with E-state index in [0.717, 1.165) is 24.8 Å². The van der Waals surface area contributed by atoms with Crippen molar-refractivity contribution in [3.63, 3.8) is 0 Å². The maximum Gasteiger partial charge on any atom is 0.314 e. The Hall–Kier alpha value is -1.62. The number of pyridine rings is 1. The lowest BCUT2D eigenvalue weighted by Crippen LogP contribution is -2.51. The molecule has 1 aliphatic carbocycles. The quantitative estimate of drug-likeness (QED) is 0.765. The smallest absolute Gasteiger partial charge is 0.314 e. The van der Waals surface area contributed by atoms with Crippen molar-refractivity contribution >= 4 is 6.03 Å². The summed E-state index contributed by atoms with van der Waals surface area (Å²) in [6.45, 7) is 5.00. The number of hydrogen-bond donors (Lipinski definition) is 3. The molecule has 1 aliphatic rings. The molecule has 0 spiro atoms. The van der Waals surface area contributed by atoms with E-state index in [0.29, 0.717) is 13.1 Å². The van der Waals surface area contributed by atoms with E-state index in [9.17, 15) is 9.90 Å². The fourth-order valence-electron chi connectivity index (χ4n) is 2.28. The second kappa shape index (κ2) is 5.79. The lowest BCUT2D eigenvalue weighted by atomic mass is 9.80. The summed E-state index contributed by atoms with van der Waals surface area (Å²) in [5.74, 6) is 0. The normalized spacial score (nSPS) is 17.1. The Morgan fingerprint density at radius 2 is 2.00 bits per heavy atom. The van der Waals surface area contributed by atoms with Gasteiger partial charge in [0.1, 0.15) is 0 Å². The maximum atomic E-state index is 11.8. The molecular weight excluding hydrogens is 254 g/mol. The number of aliphatic hydroxyl groups is 1. The van der Waals surface area contributed by atoms with Gasteiger partial charge >= 0.3 is 6.03 Å². The van der Waals surface area contributed by atoms with E-state index < -0.39 is 5.60 Å². The molecule has 0 radical (unpaired) electrons. The summed E-state index contributed by atoms with van der Waals surface area (Å²) in [6, 6.07) is 3.68. The molecule has 0 bridgehead atoms. The van der Waals surface area contributed by atoms with Gasteiger partial charge in [0.2, 0.25) is 0 Å².